The van der Waals surface area contributed by atoms with Gasteiger partial charge in [0.1, 0.15) is 12.0 Å². The van der Waals surface area contributed by atoms with Gasteiger partial charge in [0, 0.05) is 24.3 Å². The van der Waals surface area contributed by atoms with Crippen molar-refractivity contribution in [3.8, 4) is 0 Å². The Morgan fingerprint density at radius 2 is 2.03 bits per heavy atom. The Hall–Kier alpha value is -2.60. The molecule has 1 atom stereocenters. The van der Waals surface area contributed by atoms with Crippen LogP contribution in [0.2, 0.25) is 5.02 Å². The predicted molar refractivity (Wildman–Crippen MR) is 112 cm³/mol. The smallest absolute Gasteiger partial charge is 0.257 e. The topological polar surface area (TPSA) is 52.7 Å². The standard InChI is InChI=1S/C22H23ClFN3O2/c1-2-26-19-12-14(21(28)25-15-8-10-18(24)17(23)13-15)7-9-16(19)22(29)27-11-5-3-4-6-20(26)27/h7-10,12-13,20H,2-6,11H2,1H3,(H,25,28). The van der Waals surface area contributed by atoms with E-state index in [4.69, 9.17) is 11.6 Å². The van der Waals surface area contributed by atoms with E-state index >= 15 is 0 Å². The van der Waals surface area contributed by atoms with E-state index in [9.17, 15) is 14.0 Å². The molecule has 2 aliphatic rings. The lowest BCUT2D eigenvalue weighted by Gasteiger charge is -2.44. The van der Waals surface area contributed by atoms with Crippen LogP contribution >= 0.6 is 11.6 Å². The van der Waals surface area contributed by atoms with Crippen molar-refractivity contribution in [3.63, 3.8) is 0 Å². The summed E-state index contributed by atoms with van der Waals surface area (Å²) in [5.41, 5.74) is 2.28. The van der Waals surface area contributed by atoms with Gasteiger partial charge in [-0.15, -0.1) is 0 Å². The average Bonchev–Trinajstić information content (AvgIpc) is 2.97. The van der Waals surface area contributed by atoms with Crippen molar-refractivity contribution in [3.05, 3.63) is 58.4 Å². The van der Waals surface area contributed by atoms with E-state index < -0.39 is 5.82 Å². The Kier molecular flexibility index (Phi) is 5.46. The van der Waals surface area contributed by atoms with E-state index in [0.29, 0.717) is 16.8 Å². The highest BCUT2D eigenvalue weighted by molar-refractivity contribution is 6.31. The zero-order chi connectivity index (χ0) is 20.5. The summed E-state index contributed by atoms with van der Waals surface area (Å²) in [5.74, 6) is -0.834. The van der Waals surface area contributed by atoms with Crippen molar-refractivity contribution in [2.45, 2.75) is 38.8 Å². The van der Waals surface area contributed by atoms with Crippen LogP contribution in [0.1, 0.15) is 53.3 Å². The third-order valence-electron chi connectivity index (χ3n) is 5.66. The number of hydrogen-bond donors (Lipinski definition) is 1. The van der Waals surface area contributed by atoms with Crippen molar-refractivity contribution in [1.29, 1.82) is 0 Å². The second-order valence-corrected chi connectivity index (χ2v) is 7.84. The highest BCUT2D eigenvalue weighted by Gasteiger charge is 2.37. The first-order valence-corrected chi connectivity index (χ1v) is 10.4. The Morgan fingerprint density at radius 1 is 1.21 bits per heavy atom. The molecule has 0 aliphatic carbocycles. The Bertz CT molecular complexity index is 965. The molecular weight excluding hydrogens is 393 g/mol. The predicted octanol–water partition coefficient (Wildman–Crippen LogP) is 4.91. The Balaban J connectivity index is 1.65. The van der Waals surface area contributed by atoms with E-state index in [-0.39, 0.29) is 23.0 Å². The van der Waals surface area contributed by atoms with Crippen LogP contribution in [0.15, 0.2) is 36.4 Å². The second-order valence-electron chi connectivity index (χ2n) is 7.43. The van der Waals surface area contributed by atoms with Crippen molar-refractivity contribution in [2.75, 3.05) is 23.3 Å². The van der Waals surface area contributed by atoms with Gasteiger partial charge in [0.05, 0.1) is 16.3 Å². The van der Waals surface area contributed by atoms with Gasteiger partial charge in [0.15, 0.2) is 0 Å². The molecule has 5 nitrogen and oxygen atoms in total. The number of amides is 2. The maximum Gasteiger partial charge on any atom is 0.257 e. The van der Waals surface area contributed by atoms with E-state index in [1.54, 1.807) is 18.2 Å². The van der Waals surface area contributed by atoms with Crippen LogP contribution in [0, 0.1) is 5.82 Å². The molecule has 2 heterocycles. The van der Waals surface area contributed by atoms with Gasteiger partial charge in [-0.1, -0.05) is 18.0 Å². The van der Waals surface area contributed by atoms with Crippen LogP contribution in [-0.4, -0.2) is 36.0 Å². The largest absolute Gasteiger partial charge is 0.351 e. The van der Waals surface area contributed by atoms with E-state index in [0.717, 1.165) is 44.5 Å². The maximum absolute atomic E-state index is 13.3. The fraction of sp³-hybridized carbons (Fsp3) is 0.364. The lowest BCUT2D eigenvalue weighted by atomic mass is 10.0. The summed E-state index contributed by atoms with van der Waals surface area (Å²) in [6.07, 6.45) is 4.21. The first kappa shape index (κ1) is 19.7. The molecule has 1 saturated heterocycles. The molecule has 2 aliphatic heterocycles. The number of hydrogen-bond acceptors (Lipinski definition) is 3. The van der Waals surface area contributed by atoms with Gasteiger partial charge in [-0.3, -0.25) is 9.59 Å². The lowest BCUT2D eigenvalue weighted by Crippen LogP contribution is -2.55. The summed E-state index contributed by atoms with van der Waals surface area (Å²) in [6, 6.07) is 9.21. The Labute approximate surface area is 174 Å². The number of carbonyl (C=O) groups is 2. The molecule has 2 aromatic rings. The molecule has 1 N–H and O–H groups in total. The molecule has 2 amide bonds. The molecule has 1 fully saturated rings. The first-order valence-electron chi connectivity index (χ1n) is 9.97. The molecule has 152 valence electrons. The quantitative estimate of drug-likeness (QED) is 0.774. The zero-order valence-corrected chi connectivity index (χ0v) is 17.0. The van der Waals surface area contributed by atoms with Gasteiger partial charge in [-0.05, 0) is 62.6 Å². The summed E-state index contributed by atoms with van der Waals surface area (Å²) in [6.45, 7) is 3.59. The SMILES string of the molecule is CCN1c2cc(C(=O)Nc3ccc(F)c(Cl)c3)ccc2C(=O)N2CCCCCC21. The molecule has 7 heteroatoms. The van der Waals surface area contributed by atoms with Gasteiger partial charge in [-0.2, -0.15) is 0 Å². The highest BCUT2D eigenvalue weighted by Crippen LogP contribution is 2.35. The van der Waals surface area contributed by atoms with Crippen LogP contribution in [0.5, 0.6) is 0 Å². The molecule has 0 radical (unpaired) electrons. The fourth-order valence-corrected chi connectivity index (χ4v) is 4.40. The number of carbonyl (C=O) groups excluding carboxylic acids is 2. The van der Waals surface area contributed by atoms with Crippen LogP contribution in [-0.2, 0) is 0 Å². The lowest BCUT2D eigenvalue weighted by molar-refractivity contribution is 0.0656. The Morgan fingerprint density at radius 3 is 2.79 bits per heavy atom. The second kappa shape index (κ2) is 8.03. The fourth-order valence-electron chi connectivity index (χ4n) is 4.22. The van der Waals surface area contributed by atoms with E-state index in [1.807, 2.05) is 4.90 Å². The summed E-state index contributed by atoms with van der Waals surface area (Å²) >= 11 is 5.80. The number of rotatable bonds is 3. The minimum Gasteiger partial charge on any atom is -0.351 e. The van der Waals surface area contributed by atoms with E-state index in [2.05, 4.69) is 17.1 Å². The van der Waals surface area contributed by atoms with Crippen molar-refractivity contribution in [2.24, 2.45) is 0 Å². The van der Waals surface area contributed by atoms with E-state index in [1.165, 1.54) is 18.2 Å². The summed E-state index contributed by atoms with van der Waals surface area (Å²) in [5, 5.41) is 2.69. The van der Waals surface area contributed by atoms with Gasteiger partial charge in [0.25, 0.3) is 11.8 Å². The molecule has 4 rings (SSSR count). The summed E-state index contributed by atoms with van der Waals surface area (Å²) < 4.78 is 13.3. The molecule has 0 spiro atoms. The molecular formula is C22H23ClFN3O2. The van der Waals surface area contributed by atoms with Crippen LogP contribution < -0.4 is 10.2 Å². The minimum absolute atomic E-state index is 0.0360. The number of nitrogens with one attached hydrogen (secondary N) is 1. The molecule has 0 aromatic heterocycles. The first-order chi connectivity index (χ1) is 14.0. The monoisotopic (exact) mass is 415 g/mol. The molecule has 0 bridgehead atoms. The number of benzene rings is 2. The van der Waals surface area contributed by atoms with Gasteiger partial charge in [-0.25, -0.2) is 4.39 Å². The van der Waals surface area contributed by atoms with Crippen molar-refractivity contribution >= 4 is 34.8 Å². The number of halogens is 2. The van der Waals surface area contributed by atoms with Crippen LogP contribution in [0.4, 0.5) is 15.8 Å². The zero-order valence-electron chi connectivity index (χ0n) is 16.3. The summed E-state index contributed by atoms with van der Waals surface area (Å²) in [7, 11) is 0. The minimum atomic E-state index is -0.538. The molecule has 29 heavy (non-hydrogen) atoms. The third kappa shape index (κ3) is 3.69. The number of nitrogens with zero attached hydrogens (tertiary/aromatic N) is 2. The summed E-state index contributed by atoms with van der Waals surface area (Å²) in [4.78, 5) is 30.0. The van der Waals surface area contributed by atoms with Crippen LogP contribution in [0.3, 0.4) is 0 Å². The van der Waals surface area contributed by atoms with Crippen molar-refractivity contribution in [1.82, 2.24) is 4.90 Å². The highest BCUT2D eigenvalue weighted by atomic mass is 35.5. The normalized spacial score (nSPS) is 18.7. The van der Waals surface area contributed by atoms with Crippen molar-refractivity contribution < 1.29 is 14.0 Å². The maximum atomic E-state index is 13.3. The van der Waals surface area contributed by atoms with Gasteiger partial charge >= 0.3 is 0 Å². The molecule has 2 aromatic carbocycles. The third-order valence-corrected chi connectivity index (χ3v) is 5.95. The van der Waals surface area contributed by atoms with Gasteiger partial charge in [0.2, 0.25) is 0 Å². The molecule has 1 unspecified atom stereocenters. The number of fused-ring (bicyclic) bond motifs is 2. The number of anilines is 2. The van der Waals surface area contributed by atoms with Crippen LogP contribution in [0.25, 0.3) is 0 Å². The molecule has 0 saturated carbocycles. The average molecular weight is 416 g/mol. The van der Waals surface area contributed by atoms with Gasteiger partial charge < -0.3 is 15.1 Å².